The van der Waals surface area contributed by atoms with E-state index in [0.29, 0.717) is 12.2 Å². The van der Waals surface area contributed by atoms with E-state index in [-0.39, 0.29) is 29.5 Å². The lowest BCUT2D eigenvalue weighted by molar-refractivity contribution is 0.193. The fourth-order valence-corrected chi connectivity index (χ4v) is 3.07. The molecule has 2 amide bonds. The monoisotopic (exact) mass is 374 g/mol. The molecule has 0 saturated carbocycles. The Kier molecular flexibility index (Phi) is 5.70. The summed E-state index contributed by atoms with van der Waals surface area (Å²) in [5, 5.41) is 2.76. The van der Waals surface area contributed by atoms with Crippen molar-refractivity contribution in [3.05, 3.63) is 36.4 Å². The normalized spacial score (nSPS) is 16.6. The zero-order chi connectivity index (χ0) is 19.4. The zero-order valence-electron chi connectivity index (χ0n) is 15.4. The molecule has 9 heteroatoms. The predicted octanol–water partition coefficient (Wildman–Crippen LogP) is 2.55. The maximum Gasteiger partial charge on any atom is 0.323 e. The van der Waals surface area contributed by atoms with Crippen molar-refractivity contribution >= 4 is 17.5 Å². The Balaban J connectivity index is 1.67. The van der Waals surface area contributed by atoms with Crippen LogP contribution in [0.25, 0.3) is 0 Å². The van der Waals surface area contributed by atoms with Gasteiger partial charge < -0.3 is 20.3 Å². The van der Waals surface area contributed by atoms with E-state index >= 15 is 0 Å². The Morgan fingerprint density at radius 1 is 1.41 bits per heavy atom. The molecule has 1 saturated heterocycles. The Hall–Kier alpha value is -2.94. The van der Waals surface area contributed by atoms with Gasteiger partial charge in [0, 0.05) is 37.0 Å². The van der Waals surface area contributed by atoms with Gasteiger partial charge in [-0.15, -0.1) is 0 Å². The van der Waals surface area contributed by atoms with Gasteiger partial charge in [0.05, 0.1) is 0 Å². The van der Waals surface area contributed by atoms with Gasteiger partial charge in [0.2, 0.25) is 5.88 Å². The van der Waals surface area contributed by atoms with E-state index in [1.54, 1.807) is 0 Å². The van der Waals surface area contributed by atoms with Crippen molar-refractivity contribution in [2.24, 2.45) is 0 Å². The number of carbonyl (C=O) groups is 1. The molecule has 3 N–H and O–H groups in total. The highest BCUT2D eigenvalue weighted by molar-refractivity contribution is 5.88. The molecular weight excluding hydrogens is 351 g/mol. The Bertz CT molecular complexity index is 816. The first-order valence-electron chi connectivity index (χ1n) is 8.69. The Labute approximate surface area is 157 Å². The van der Waals surface area contributed by atoms with Gasteiger partial charge in [-0.1, -0.05) is 0 Å². The van der Waals surface area contributed by atoms with Crippen LogP contribution < -0.4 is 15.8 Å². The van der Waals surface area contributed by atoms with Crippen LogP contribution in [0.5, 0.6) is 11.6 Å². The molecule has 0 bridgehead atoms. The van der Waals surface area contributed by atoms with Crippen LogP contribution in [0.3, 0.4) is 0 Å². The second-order valence-corrected chi connectivity index (χ2v) is 6.72. The second kappa shape index (κ2) is 8.17. The first-order valence-corrected chi connectivity index (χ1v) is 8.69. The number of rotatable bonds is 5. The molecule has 2 aromatic rings. The molecule has 2 heterocycles. The minimum Gasteiger partial charge on any atom is -0.436 e. The lowest BCUT2D eigenvalue weighted by Gasteiger charge is -2.27. The van der Waals surface area contributed by atoms with Gasteiger partial charge in [-0.25, -0.2) is 19.2 Å². The quantitative estimate of drug-likeness (QED) is 0.781. The van der Waals surface area contributed by atoms with Gasteiger partial charge in [0.15, 0.2) is 11.6 Å². The van der Waals surface area contributed by atoms with Crippen molar-refractivity contribution in [2.75, 3.05) is 38.2 Å². The number of likely N-dealkylation sites (N-methyl/N-ethyl adjacent to an activating group) is 1. The van der Waals surface area contributed by atoms with Gasteiger partial charge in [-0.3, -0.25) is 5.32 Å². The van der Waals surface area contributed by atoms with Crippen molar-refractivity contribution in [2.45, 2.75) is 18.9 Å². The van der Waals surface area contributed by atoms with Crippen molar-refractivity contribution in [1.29, 1.82) is 0 Å². The molecule has 144 valence electrons. The van der Waals surface area contributed by atoms with Crippen LogP contribution in [-0.2, 0) is 0 Å². The van der Waals surface area contributed by atoms with Crippen molar-refractivity contribution in [3.8, 4) is 11.6 Å². The Morgan fingerprint density at radius 2 is 2.22 bits per heavy atom. The summed E-state index contributed by atoms with van der Waals surface area (Å²) in [4.78, 5) is 24.5. The molecule has 1 aromatic carbocycles. The number of anilines is 2. The van der Waals surface area contributed by atoms with Crippen LogP contribution in [0.4, 0.5) is 20.7 Å². The number of benzene rings is 1. The number of aromatic nitrogens is 2. The molecule has 1 atom stereocenters. The largest absolute Gasteiger partial charge is 0.436 e. The minimum atomic E-state index is -0.595. The molecule has 1 fully saturated rings. The number of nitrogens with zero attached hydrogens (tertiary/aromatic N) is 4. The summed E-state index contributed by atoms with van der Waals surface area (Å²) in [5.74, 6) is -0.194. The van der Waals surface area contributed by atoms with Crippen LogP contribution in [-0.4, -0.2) is 59.0 Å². The zero-order valence-corrected chi connectivity index (χ0v) is 15.4. The summed E-state index contributed by atoms with van der Waals surface area (Å²) in [6, 6.07) is 5.51. The van der Waals surface area contributed by atoms with E-state index in [0.717, 1.165) is 25.5 Å². The second-order valence-electron chi connectivity index (χ2n) is 6.72. The summed E-state index contributed by atoms with van der Waals surface area (Å²) in [6.45, 7) is 1.51. The number of nitrogen functional groups attached to an aromatic ring is 1. The standard InChI is InChI=1S/C18H23FN6O2/c1-24(2)10-13-4-3-7-25(13)18(26)23-16-9-17(22-11-21-16)27-15-6-5-12(20)8-14(15)19/h5-6,8-9,11,13H,3-4,7,10,20H2,1-2H3,(H,21,22,23,26)/t13-/m1/s1. The smallest absolute Gasteiger partial charge is 0.323 e. The number of hydrogen-bond acceptors (Lipinski definition) is 6. The van der Waals surface area contributed by atoms with Gasteiger partial charge >= 0.3 is 6.03 Å². The van der Waals surface area contributed by atoms with Crippen molar-refractivity contribution < 1.29 is 13.9 Å². The van der Waals surface area contributed by atoms with E-state index in [1.807, 2.05) is 19.0 Å². The number of urea groups is 1. The SMILES string of the molecule is CN(C)C[C@H]1CCCN1C(=O)Nc1cc(Oc2ccc(N)cc2F)ncn1. The topological polar surface area (TPSA) is 96.6 Å². The number of likely N-dealkylation sites (tertiary alicyclic amines) is 1. The maximum atomic E-state index is 13.9. The molecule has 27 heavy (non-hydrogen) atoms. The minimum absolute atomic E-state index is 0.00855. The molecule has 1 aromatic heterocycles. The van der Waals surface area contributed by atoms with E-state index < -0.39 is 5.82 Å². The molecule has 0 unspecified atom stereocenters. The van der Waals surface area contributed by atoms with Gasteiger partial charge in [-0.05, 0) is 39.1 Å². The third-order valence-corrected chi connectivity index (χ3v) is 4.26. The highest BCUT2D eigenvalue weighted by Crippen LogP contribution is 2.26. The number of nitrogens with one attached hydrogen (secondary N) is 1. The van der Waals surface area contributed by atoms with Crippen LogP contribution in [0.2, 0.25) is 0 Å². The van der Waals surface area contributed by atoms with Crippen molar-refractivity contribution in [1.82, 2.24) is 19.8 Å². The highest BCUT2D eigenvalue weighted by Gasteiger charge is 2.29. The first-order chi connectivity index (χ1) is 12.9. The van der Waals surface area contributed by atoms with Gasteiger partial charge in [0.25, 0.3) is 0 Å². The lowest BCUT2D eigenvalue weighted by Crippen LogP contribution is -2.43. The van der Waals surface area contributed by atoms with Gasteiger partial charge in [-0.2, -0.15) is 0 Å². The summed E-state index contributed by atoms with van der Waals surface area (Å²) in [7, 11) is 3.97. The average molecular weight is 374 g/mol. The number of carbonyl (C=O) groups excluding carboxylic acids is 1. The summed E-state index contributed by atoms with van der Waals surface area (Å²) >= 11 is 0. The van der Waals surface area contributed by atoms with E-state index in [9.17, 15) is 9.18 Å². The van der Waals surface area contributed by atoms with Crippen LogP contribution in [0, 0.1) is 5.82 Å². The summed E-state index contributed by atoms with van der Waals surface area (Å²) in [6.07, 6.45) is 3.20. The van der Waals surface area contributed by atoms with Crippen LogP contribution in [0.1, 0.15) is 12.8 Å². The summed E-state index contributed by atoms with van der Waals surface area (Å²) in [5.41, 5.74) is 5.82. The van der Waals surface area contributed by atoms with Gasteiger partial charge in [0.1, 0.15) is 12.1 Å². The molecule has 1 aliphatic heterocycles. The third kappa shape index (κ3) is 4.82. The van der Waals surface area contributed by atoms with E-state index in [4.69, 9.17) is 10.5 Å². The average Bonchev–Trinajstić information content (AvgIpc) is 3.05. The molecule has 0 aliphatic carbocycles. The van der Waals surface area contributed by atoms with E-state index in [2.05, 4.69) is 20.2 Å². The number of hydrogen-bond donors (Lipinski definition) is 2. The molecule has 3 rings (SSSR count). The molecule has 1 aliphatic rings. The maximum absolute atomic E-state index is 13.9. The summed E-state index contributed by atoms with van der Waals surface area (Å²) < 4.78 is 19.3. The number of nitrogens with two attached hydrogens (primary N) is 1. The molecule has 8 nitrogen and oxygen atoms in total. The first kappa shape index (κ1) is 18.8. The van der Waals surface area contributed by atoms with Crippen LogP contribution >= 0.6 is 0 Å². The predicted molar refractivity (Wildman–Crippen MR) is 100 cm³/mol. The molecule has 0 radical (unpaired) electrons. The molecule has 0 spiro atoms. The van der Waals surface area contributed by atoms with E-state index in [1.165, 1.54) is 24.5 Å². The van der Waals surface area contributed by atoms with Crippen molar-refractivity contribution in [3.63, 3.8) is 0 Å². The number of ether oxygens (including phenoxy) is 1. The third-order valence-electron chi connectivity index (χ3n) is 4.26. The number of halogens is 1. The fraction of sp³-hybridized carbons (Fsp3) is 0.389. The highest BCUT2D eigenvalue weighted by atomic mass is 19.1. The lowest BCUT2D eigenvalue weighted by atomic mass is 10.2. The Morgan fingerprint density at radius 3 is 2.96 bits per heavy atom. The van der Waals surface area contributed by atoms with Crippen LogP contribution in [0.15, 0.2) is 30.6 Å². The fourth-order valence-electron chi connectivity index (χ4n) is 3.07. The molecular formula is C18H23FN6O2. The number of amides is 2.